The minimum atomic E-state index is -3.09. The summed E-state index contributed by atoms with van der Waals surface area (Å²) in [4.78, 5) is 15.6. The molecule has 24 heavy (non-hydrogen) atoms. The van der Waals surface area contributed by atoms with Gasteiger partial charge in [0.05, 0.1) is 5.75 Å². The number of aromatic nitrogens is 1. The van der Waals surface area contributed by atoms with Crippen molar-refractivity contribution >= 4 is 26.8 Å². The summed E-state index contributed by atoms with van der Waals surface area (Å²) in [6, 6.07) is 5.63. The van der Waals surface area contributed by atoms with Gasteiger partial charge in [0.15, 0.2) is 0 Å². The summed E-state index contributed by atoms with van der Waals surface area (Å²) < 4.78 is 24.8. The molecule has 1 aromatic carbocycles. The Morgan fingerprint density at radius 3 is 2.71 bits per heavy atom. The molecule has 1 saturated heterocycles. The molecule has 2 N–H and O–H groups in total. The quantitative estimate of drug-likeness (QED) is 0.863. The Hall–Kier alpha value is -1.86. The van der Waals surface area contributed by atoms with Crippen LogP contribution in [-0.4, -0.2) is 49.0 Å². The van der Waals surface area contributed by atoms with E-state index in [0.717, 1.165) is 22.2 Å². The van der Waals surface area contributed by atoms with Gasteiger partial charge in [-0.3, -0.25) is 4.79 Å². The molecule has 0 atom stereocenters. The van der Waals surface area contributed by atoms with Crippen molar-refractivity contribution in [3.63, 3.8) is 0 Å². The topological polar surface area (TPSA) is 82.3 Å². The molecule has 130 valence electrons. The molecule has 7 heteroatoms. The van der Waals surface area contributed by atoms with E-state index in [1.165, 1.54) is 4.31 Å². The Bertz CT molecular complexity index is 880. The Balaban J connectivity index is 1.59. The van der Waals surface area contributed by atoms with Crippen LogP contribution in [0, 0.1) is 19.8 Å². The lowest BCUT2D eigenvalue weighted by atomic mass is 10.0. The number of hydrogen-bond acceptors (Lipinski definition) is 3. The van der Waals surface area contributed by atoms with E-state index in [1.54, 1.807) is 6.92 Å². The van der Waals surface area contributed by atoms with Crippen LogP contribution in [0.25, 0.3) is 10.9 Å². The van der Waals surface area contributed by atoms with Crippen LogP contribution >= 0.6 is 0 Å². The fourth-order valence-corrected chi connectivity index (χ4v) is 4.24. The van der Waals surface area contributed by atoms with E-state index >= 15 is 0 Å². The van der Waals surface area contributed by atoms with Gasteiger partial charge in [-0.05, 0) is 44.5 Å². The van der Waals surface area contributed by atoms with E-state index < -0.39 is 10.0 Å². The summed E-state index contributed by atoms with van der Waals surface area (Å²) in [5.41, 5.74) is 3.91. The number of aromatic amines is 1. The van der Waals surface area contributed by atoms with Crippen LogP contribution in [0.1, 0.15) is 28.5 Å². The summed E-state index contributed by atoms with van der Waals surface area (Å²) in [6.45, 7) is 7.18. The highest BCUT2D eigenvalue weighted by atomic mass is 32.2. The first kappa shape index (κ1) is 17.0. The van der Waals surface area contributed by atoms with Gasteiger partial charge in [-0.25, -0.2) is 12.7 Å². The zero-order valence-corrected chi connectivity index (χ0v) is 15.0. The second kappa shape index (κ2) is 6.22. The van der Waals surface area contributed by atoms with Crippen molar-refractivity contribution in [3.05, 3.63) is 35.0 Å². The highest BCUT2D eigenvalue weighted by Gasteiger charge is 2.34. The molecule has 1 fully saturated rings. The van der Waals surface area contributed by atoms with Crippen LogP contribution in [0.5, 0.6) is 0 Å². The van der Waals surface area contributed by atoms with E-state index in [2.05, 4.69) is 10.3 Å². The molecular formula is C17H23N3O3S. The van der Waals surface area contributed by atoms with Crippen LogP contribution in [0.4, 0.5) is 0 Å². The van der Waals surface area contributed by atoms with Crippen molar-refractivity contribution in [1.29, 1.82) is 0 Å². The number of nitrogens with zero attached hydrogens (tertiary/aromatic N) is 1. The highest BCUT2D eigenvalue weighted by molar-refractivity contribution is 7.89. The maximum atomic E-state index is 12.3. The number of carbonyl (C=O) groups excluding carboxylic acids is 1. The van der Waals surface area contributed by atoms with E-state index in [9.17, 15) is 13.2 Å². The third-order valence-electron chi connectivity index (χ3n) is 4.80. The third kappa shape index (κ3) is 3.06. The summed E-state index contributed by atoms with van der Waals surface area (Å²) in [7, 11) is -3.09. The number of carbonyl (C=O) groups is 1. The number of benzene rings is 1. The molecule has 2 aromatic rings. The second-order valence-electron chi connectivity index (χ2n) is 6.43. The van der Waals surface area contributed by atoms with Crippen LogP contribution in [0.3, 0.4) is 0 Å². The largest absolute Gasteiger partial charge is 0.358 e. The minimum Gasteiger partial charge on any atom is -0.358 e. The molecule has 0 bridgehead atoms. The first-order valence-corrected chi connectivity index (χ1v) is 9.77. The molecule has 1 aromatic heterocycles. The number of amides is 1. The van der Waals surface area contributed by atoms with Crippen LogP contribution < -0.4 is 5.32 Å². The molecule has 0 spiro atoms. The van der Waals surface area contributed by atoms with Gasteiger partial charge in [-0.2, -0.15) is 0 Å². The Kier molecular flexibility index (Phi) is 4.40. The molecule has 6 nitrogen and oxygen atoms in total. The molecule has 1 aliphatic heterocycles. The zero-order valence-electron chi connectivity index (χ0n) is 14.2. The fourth-order valence-electron chi connectivity index (χ4n) is 3.00. The standard InChI is InChI=1S/C17H23N3O3S/c1-4-24(22,23)20-9-13(10-20)8-18-17(21)14-5-6-16-15(7-14)11(2)12(3)19-16/h5-7,13,19H,4,8-10H2,1-3H3,(H,18,21). The molecule has 0 radical (unpaired) electrons. The van der Waals surface area contributed by atoms with Crippen LogP contribution in [0.2, 0.25) is 0 Å². The van der Waals surface area contributed by atoms with Gasteiger partial charge >= 0.3 is 0 Å². The van der Waals surface area contributed by atoms with Crippen LogP contribution in [0.15, 0.2) is 18.2 Å². The molecule has 0 saturated carbocycles. The number of H-pyrrole nitrogens is 1. The molecule has 1 amide bonds. The van der Waals surface area contributed by atoms with Crippen molar-refractivity contribution in [2.24, 2.45) is 5.92 Å². The highest BCUT2D eigenvalue weighted by Crippen LogP contribution is 2.23. The van der Waals surface area contributed by atoms with Crippen molar-refractivity contribution < 1.29 is 13.2 Å². The summed E-state index contributed by atoms with van der Waals surface area (Å²) >= 11 is 0. The predicted molar refractivity (Wildman–Crippen MR) is 94.6 cm³/mol. The average molecular weight is 349 g/mol. The lowest BCUT2D eigenvalue weighted by Crippen LogP contribution is -2.54. The van der Waals surface area contributed by atoms with Gasteiger partial charge in [-0.15, -0.1) is 0 Å². The minimum absolute atomic E-state index is 0.119. The van der Waals surface area contributed by atoms with Crippen molar-refractivity contribution in [3.8, 4) is 0 Å². The summed E-state index contributed by atoms with van der Waals surface area (Å²) in [5.74, 6) is 0.198. The van der Waals surface area contributed by atoms with Crippen LogP contribution in [-0.2, 0) is 10.0 Å². The number of aryl methyl sites for hydroxylation is 2. The second-order valence-corrected chi connectivity index (χ2v) is 8.69. The SMILES string of the molecule is CCS(=O)(=O)N1CC(CNC(=O)c2ccc3[nH]c(C)c(C)c3c2)C1. The normalized spacial score (nSPS) is 16.3. The first-order chi connectivity index (χ1) is 11.3. The number of rotatable bonds is 5. The molecule has 1 aliphatic rings. The number of hydrogen-bond donors (Lipinski definition) is 2. The van der Waals surface area contributed by atoms with Gasteiger partial charge in [-0.1, -0.05) is 0 Å². The molecular weight excluding hydrogens is 326 g/mol. The smallest absolute Gasteiger partial charge is 0.251 e. The zero-order chi connectivity index (χ0) is 17.5. The molecule has 0 aliphatic carbocycles. The average Bonchev–Trinajstić information content (AvgIpc) is 2.79. The number of nitrogens with one attached hydrogen (secondary N) is 2. The molecule has 0 unspecified atom stereocenters. The maximum absolute atomic E-state index is 12.3. The molecule has 2 heterocycles. The lowest BCUT2D eigenvalue weighted by Gasteiger charge is -2.37. The van der Waals surface area contributed by atoms with Gasteiger partial charge in [0.2, 0.25) is 10.0 Å². The maximum Gasteiger partial charge on any atom is 0.251 e. The van der Waals surface area contributed by atoms with Gasteiger partial charge in [0.25, 0.3) is 5.91 Å². The number of fused-ring (bicyclic) bond motifs is 1. The lowest BCUT2D eigenvalue weighted by molar-refractivity contribution is 0.0929. The monoisotopic (exact) mass is 349 g/mol. The predicted octanol–water partition coefficient (Wildman–Crippen LogP) is 1.80. The van der Waals surface area contributed by atoms with E-state index in [-0.39, 0.29) is 17.6 Å². The Labute approximate surface area is 142 Å². The fraction of sp³-hybridized carbons (Fsp3) is 0.471. The van der Waals surface area contributed by atoms with Crippen molar-refractivity contribution in [2.75, 3.05) is 25.4 Å². The van der Waals surface area contributed by atoms with E-state index in [1.807, 2.05) is 32.0 Å². The van der Waals surface area contributed by atoms with Gasteiger partial charge in [0, 0.05) is 47.7 Å². The van der Waals surface area contributed by atoms with E-state index in [4.69, 9.17) is 0 Å². The Morgan fingerprint density at radius 2 is 2.04 bits per heavy atom. The summed E-state index contributed by atoms with van der Waals surface area (Å²) in [5, 5.41) is 3.97. The first-order valence-electron chi connectivity index (χ1n) is 8.16. The summed E-state index contributed by atoms with van der Waals surface area (Å²) in [6.07, 6.45) is 0. The van der Waals surface area contributed by atoms with Crippen molar-refractivity contribution in [2.45, 2.75) is 20.8 Å². The van der Waals surface area contributed by atoms with Crippen molar-refractivity contribution in [1.82, 2.24) is 14.6 Å². The van der Waals surface area contributed by atoms with Gasteiger partial charge < -0.3 is 10.3 Å². The molecule has 3 rings (SSSR count). The number of sulfonamides is 1. The Morgan fingerprint density at radius 1 is 1.33 bits per heavy atom. The van der Waals surface area contributed by atoms with Gasteiger partial charge in [0.1, 0.15) is 0 Å². The van der Waals surface area contributed by atoms with E-state index in [0.29, 0.717) is 25.2 Å². The third-order valence-corrected chi connectivity index (χ3v) is 6.62.